The summed E-state index contributed by atoms with van der Waals surface area (Å²) in [6.07, 6.45) is 0. The maximum Gasteiger partial charge on any atom is 0.251 e. The highest BCUT2D eigenvalue weighted by Gasteiger charge is 2.10. The highest BCUT2D eigenvalue weighted by molar-refractivity contribution is 9.10. The Hall–Kier alpha value is -1.72. The number of H-pyrrole nitrogens is 1. The summed E-state index contributed by atoms with van der Waals surface area (Å²) in [7, 11) is 0. The summed E-state index contributed by atoms with van der Waals surface area (Å²) in [5.41, 5.74) is 1.71. The fraction of sp³-hybridized carbons (Fsp3) is 0.0714. The van der Waals surface area contributed by atoms with Gasteiger partial charge in [-0.15, -0.1) is 11.6 Å². The zero-order chi connectivity index (χ0) is 14.1. The monoisotopic (exact) mass is 349 g/mol. The van der Waals surface area contributed by atoms with Crippen molar-refractivity contribution in [1.82, 2.24) is 15.0 Å². The SMILES string of the molecule is O=c1cc(CCl)nc(-c2nc3ccccc3cc2Br)[nH]1. The Morgan fingerprint density at radius 1 is 1.20 bits per heavy atom. The van der Waals surface area contributed by atoms with Crippen molar-refractivity contribution in [3.63, 3.8) is 0 Å². The molecule has 0 unspecified atom stereocenters. The lowest BCUT2D eigenvalue weighted by Gasteiger charge is -2.06. The van der Waals surface area contributed by atoms with Gasteiger partial charge in [0.15, 0.2) is 5.82 Å². The first-order valence-corrected chi connectivity index (χ1v) is 7.22. The Bertz CT molecular complexity index is 847. The molecule has 6 heteroatoms. The van der Waals surface area contributed by atoms with Gasteiger partial charge in [0.1, 0.15) is 5.69 Å². The Morgan fingerprint density at radius 2 is 2.00 bits per heavy atom. The molecule has 0 aliphatic rings. The largest absolute Gasteiger partial charge is 0.305 e. The molecule has 0 radical (unpaired) electrons. The first-order chi connectivity index (χ1) is 9.67. The molecule has 1 aromatic carbocycles. The summed E-state index contributed by atoms with van der Waals surface area (Å²) in [5.74, 6) is 0.591. The predicted octanol–water partition coefficient (Wildman–Crippen LogP) is 3.49. The van der Waals surface area contributed by atoms with Crippen LogP contribution in [0.25, 0.3) is 22.4 Å². The number of benzene rings is 1. The Kier molecular flexibility index (Phi) is 3.54. The fourth-order valence-corrected chi connectivity index (χ4v) is 2.60. The summed E-state index contributed by atoms with van der Waals surface area (Å²) >= 11 is 9.21. The molecule has 0 saturated carbocycles. The zero-order valence-corrected chi connectivity index (χ0v) is 12.6. The van der Waals surface area contributed by atoms with Gasteiger partial charge in [-0.1, -0.05) is 18.2 Å². The summed E-state index contributed by atoms with van der Waals surface area (Å²) in [6.45, 7) is 0. The molecule has 0 amide bonds. The van der Waals surface area contributed by atoms with Gasteiger partial charge in [0.05, 0.1) is 17.1 Å². The average molecular weight is 351 g/mol. The van der Waals surface area contributed by atoms with Gasteiger partial charge in [0.25, 0.3) is 5.56 Å². The highest BCUT2D eigenvalue weighted by Crippen LogP contribution is 2.27. The summed E-state index contributed by atoms with van der Waals surface area (Å²) in [5, 5.41) is 1.01. The van der Waals surface area contributed by atoms with Crippen LogP contribution < -0.4 is 5.56 Å². The van der Waals surface area contributed by atoms with Gasteiger partial charge >= 0.3 is 0 Å². The number of alkyl halides is 1. The second-order valence-corrected chi connectivity index (χ2v) is 5.35. The second-order valence-electron chi connectivity index (χ2n) is 4.23. The molecule has 2 heterocycles. The molecule has 0 bridgehead atoms. The fourth-order valence-electron chi connectivity index (χ4n) is 1.94. The van der Waals surface area contributed by atoms with Gasteiger partial charge in [0, 0.05) is 15.9 Å². The number of aromatic amines is 1. The molecule has 0 saturated heterocycles. The number of para-hydroxylation sites is 1. The third-order valence-corrected chi connectivity index (χ3v) is 3.71. The van der Waals surface area contributed by atoms with E-state index in [9.17, 15) is 4.79 Å². The minimum Gasteiger partial charge on any atom is -0.305 e. The van der Waals surface area contributed by atoms with Crippen LogP contribution in [-0.2, 0) is 5.88 Å². The normalized spacial score (nSPS) is 10.9. The summed E-state index contributed by atoms with van der Waals surface area (Å²) in [6, 6.07) is 11.1. The van der Waals surface area contributed by atoms with E-state index < -0.39 is 0 Å². The van der Waals surface area contributed by atoms with Crippen LogP contribution in [0.4, 0.5) is 0 Å². The van der Waals surface area contributed by atoms with Crippen molar-refractivity contribution < 1.29 is 0 Å². The Morgan fingerprint density at radius 3 is 2.80 bits per heavy atom. The standard InChI is InChI=1S/C14H9BrClN3O/c15-10-5-8-3-1-2-4-11(8)18-13(10)14-17-9(7-16)6-12(20)19-14/h1-6H,7H2,(H,17,19,20). The summed E-state index contributed by atoms with van der Waals surface area (Å²) in [4.78, 5) is 23.2. The lowest BCUT2D eigenvalue weighted by molar-refractivity contribution is 1.05. The molecule has 3 rings (SSSR count). The third kappa shape index (κ3) is 2.46. The number of nitrogens with zero attached hydrogens (tertiary/aromatic N) is 2. The van der Waals surface area contributed by atoms with E-state index in [1.165, 1.54) is 6.07 Å². The van der Waals surface area contributed by atoms with E-state index in [1.54, 1.807) is 0 Å². The van der Waals surface area contributed by atoms with Crippen LogP contribution >= 0.6 is 27.5 Å². The second kappa shape index (κ2) is 5.34. The maximum atomic E-state index is 11.6. The van der Waals surface area contributed by atoms with Crippen LogP contribution in [-0.4, -0.2) is 15.0 Å². The van der Waals surface area contributed by atoms with E-state index >= 15 is 0 Å². The van der Waals surface area contributed by atoms with Gasteiger partial charge in [-0.25, -0.2) is 9.97 Å². The highest BCUT2D eigenvalue weighted by atomic mass is 79.9. The molecule has 4 nitrogen and oxygen atoms in total. The number of pyridine rings is 1. The zero-order valence-electron chi connectivity index (χ0n) is 10.2. The molecular formula is C14H9BrClN3O. The van der Waals surface area contributed by atoms with E-state index in [0.29, 0.717) is 17.2 Å². The minimum atomic E-state index is -0.243. The van der Waals surface area contributed by atoms with E-state index in [-0.39, 0.29) is 11.4 Å². The number of halogens is 2. The van der Waals surface area contributed by atoms with Crippen molar-refractivity contribution >= 4 is 38.4 Å². The molecular weight excluding hydrogens is 342 g/mol. The van der Waals surface area contributed by atoms with E-state index in [0.717, 1.165) is 15.4 Å². The van der Waals surface area contributed by atoms with Crippen molar-refractivity contribution in [3.05, 3.63) is 56.9 Å². The quantitative estimate of drug-likeness (QED) is 0.720. The van der Waals surface area contributed by atoms with Crippen LogP contribution in [0.5, 0.6) is 0 Å². The number of rotatable bonds is 2. The van der Waals surface area contributed by atoms with Crippen molar-refractivity contribution in [2.75, 3.05) is 0 Å². The smallest absolute Gasteiger partial charge is 0.251 e. The molecule has 3 aromatic rings. The van der Waals surface area contributed by atoms with Crippen LogP contribution in [0.3, 0.4) is 0 Å². The van der Waals surface area contributed by atoms with E-state index in [1.807, 2.05) is 30.3 Å². The number of aromatic nitrogens is 3. The number of hydrogen-bond acceptors (Lipinski definition) is 3. The van der Waals surface area contributed by atoms with Crippen LogP contribution in [0, 0.1) is 0 Å². The third-order valence-electron chi connectivity index (χ3n) is 2.83. The Balaban J connectivity index is 2.26. The van der Waals surface area contributed by atoms with E-state index in [2.05, 4.69) is 30.9 Å². The average Bonchev–Trinajstić information content (AvgIpc) is 2.45. The number of fused-ring (bicyclic) bond motifs is 1. The van der Waals surface area contributed by atoms with Gasteiger partial charge in [-0.2, -0.15) is 0 Å². The van der Waals surface area contributed by atoms with Gasteiger partial charge in [-0.3, -0.25) is 4.79 Å². The number of nitrogens with one attached hydrogen (secondary N) is 1. The van der Waals surface area contributed by atoms with Crippen molar-refractivity contribution in [3.8, 4) is 11.5 Å². The molecule has 0 aliphatic heterocycles. The van der Waals surface area contributed by atoms with Crippen molar-refractivity contribution in [2.45, 2.75) is 5.88 Å². The van der Waals surface area contributed by atoms with Crippen LogP contribution in [0.1, 0.15) is 5.69 Å². The first kappa shape index (κ1) is 13.3. The maximum absolute atomic E-state index is 11.6. The van der Waals surface area contributed by atoms with Gasteiger partial charge in [-0.05, 0) is 28.1 Å². The van der Waals surface area contributed by atoms with Crippen LogP contribution in [0.2, 0.25) is 0 Å². The van der Waals surface area contributed by atoms with Gasteiger partial charge < -0.3 is 4.98 Å². The predicted molar refractivity (Wildman–Crippen MR) is 82.9 cm³/mol. The molecule has 20 heavy (non-hydrogen) atoms. The van der Waals surface area contributed by atoms with Crippen molar-refractivity contribution in [1.29, 1.82) is 0 Å². The minimum absolute atomic E-state index is 0.183. The number of hydrogen-bond donors (Lipinski definition) is 1. The van der Waals surface area contributed by atoms with Crippen molar-refractivity contribution in [2.24, 2.45) is 0 Å². The van der Waals surface area contributed by atoms with Crippen LogP contribution in [0.15, 0.2) is 45.7 Å². The lowest BCUT2D eigenvalue weighted by Crippen LogP contribution is -2.10. The lowest BCUT2D eigenvalue weighted by atomic mass is 10.2. The topological polar surface area (TPSA) is 58.6 Å². The van der Waals surface area contributed by atoms with Gasteiger partial charge in [0.2, 0.25) is 0 Å². The molecule has 2 aromatic heterocycles. The molecule has 0 spiro atoms. The molecule has 0 fully saturated rings. The molecule has 0 atom stereocenters. The molecule has 0 aliphatic carbocycles. The summed E-state index contributed by atoms with van der Waals surface area (Å²) < 4.78 is 0.770. The first-order valence-electron chi connectivity index (χ1n) is 5.89. The van der Waals surface area contributed by atoms with E-state index in [4.69, 9.17) is 11.6 Å². The molecule has 1 N–H and O–H groups in total. The molecule has 100 valence electrons. The Labute approximate surface area is 128 Å².